The summed E-state index contributed by atoms with van der Waals surface area (Å²) in [7, 11) is 2.29. The number of alkyl halides is 3. The number of hydrogen-bond donors (Lipinski definition) is 0. The van der Waals surface area contributed by atoms with Gasteiger partial charge in [-0.3, -0.25) is 0 Å². The second-order valence-electron chi connectivity index (χ2n) is 12.3. The highest BCUT2D eigenvalue weighted by molar-refractivity contribution is 7.92. The predicted octanol–water partition coefficient (Wildman–Crippen LogP) is 7.23. The van der Waals surface area contributed by atoms with Crippen LogP contribution in [-0.2, 0) is 29.2 Å². The SMILES string of the molecule is COc1ccc(CN(c2ccncn2)S(=O)(=O)c2ccc(N3CCC[C@@](CCc4ccc(Cl)c(C(F)(F)F)c4)(N(C)C)C3)cc2F)c(OC)c1. The molecule has 1 fully saturated rings. The lowest BCUT2D eigenvalue weighted by Crippen LogP contribution is -2.56. The fourth-order valence-corrected chi connectivity index (χ4v) is 7.99. The van der Waals surface area contributed by atoms with Crippen molar-refractivity contribution in [1.82, 2.24) is 14.9 Å². The van der Waals surface area contributed by atoms with Gasteiger partial charge in [0, 0.05) is 48.2 Å². The molecule has 3 aromatic carbocycles. The predicted molar refractivity (Wildman–Crippen MR) is 184 cm³/mol. The molecule has 0 N–H and O–H groups in total. The molecule has 0 unspecified atom stereocenters. The van der Waals surface area contributed by atoms with Crippen molar-refractivity contribution < 1.29 is 35.5 Å². The molecule has 5 rings (SSSR count). The molecule has 1 saturated heterocycles. The second kappa shape index (κ2) is 15.0. The van der Waals surface area contributed by atoms with E-state index in [-0.39, 0.29) is 17.4 Å². The molecule has 0 radical (unpaired) electrons. The fourth-order valence-electron chi connectivity index (χ4n) is 6.32. The molecule has 1 aliphatic heterocycles. The van der Waals surface area contributed by atoms with Crippen LogP contribution in [0.15, 0.2) is 78.1 Å². The summed E-state index contributed by atoms with van der Waals surface area (Å²) in [5, 5.41) is -0.347. The van der Waals surface area contributed by atoms with Gasteiger partial charge in [0.1, 0.15) is 34.4 Å². The van der Waals surface area contributed by atoms with Crippen LogP contribution in [0.5, 0.6) is 11.5 Å². The lowest BCUT2D eigenvalue weighted by Gasteiger charge is -2.48. The molecular formula is C35H38ClF4N5O4S. The van der Waals surface area contributed by atoms with Gasteiger partial charge in [0.2, 0.25) is 0 Å². The van der Waals surface area contributed by atoms with E-state index in [2.05, 4.69) is 14.9 Å². The first-order valence-corrected chi connectivity index (χ1v) is 17.6. The minimum Gasteiger partial charge on any atom is -0.497 e. The molecule has 0 amide bonds. The highest BCUT2D eigenvalue weighted by Crippen LogP contribution is 2.38. The largest absolute Gasteiger partial charge is 0.497 e. The van der Waals surface area contributed by atoms with Crippen molar-refractivity contribution in [2.24, 2.45) is 0 Å². The van der Waals surface area contributed by atoms with E-state index in [1.54, 1.807) is 30.3 Å². The third-order valence-corrected chi connectivity index (χ3v) is 11.3. The lowest BCUT2D eigenvalue weighted by atomic mass is 9.82. The summed E-state index contributed by atoms with van der Waals surface area (Å²) in [6, 6.07) is 14.4. The van der Waals surface area contributed by atoms with Crippen LogP contribution < -0.4 is 18.7 Å². The maximum absolute atomic E-state index is 16.0. The molecule has 0 aliphatic carbocycles. The van der Waals surface area contributed by atoms with Gasteiger partial charge >= 0.3 is 6.18 Å². The molecule has 1 aromatic heterocycles. The quantitative estimate of drug-likeness (QED) is 0.141. The number of rotatable bonds is 12. The van der Waals surface area contributed by atoms with E-state index in [0.717, 1.165) is 23.2 Å². The Balaban J connectivity index is 1.41. The number of anilines is 2. The molecule has 0 spiro atoms. The zero-order valence-electron chi connectivity index (χ0n) is 28.0. The minimum atomic E-state index is -4.56. The Morgan fingerprint density at radius 2 is 1.80 bits per heavy atom. The van der Waals surface area contributed by atoms with Crippen LogP contribution in [0.4, 0.5) is 29.1 Å². The third-order valence-electron chi connectivity index (χ3n) is 9.20. The van der Waals surface area contributed by atoms with Gasteiger partial charge in [-0.2, -0.15) is 13.2 Å². The first kappa shape index (κ1) is 37.1. The Morgan fingerprint density at radius 3 is 2.44 bits per heavy atom. The zero-order chi connectivity index (χ0) is 36.3. The molecule has 0 saturated carbocycles. The molecule has 15 heteroatoms. The van der Waals surface area contributed by atoms with Crippen molar-refractivity contribution in [2.45, 2.75) is 48.8 Å². The number of ether oxygens (including phenoxy) is 2. The Hall–Kier alpha value is -4.14. The number of benzene rings is 3. The van der Waals surface area contributed by atoms with E-state index >= 15 is 4.39 Å². The van der Waals surface area contributed by atoms with Crippen LogP contribution in [0.2, 0.25) is 5.02 Å². The van der Waals surface area contributed by atoms with Crippen molar-refractivity contribution in [1.29, 1.82) is 0 Å². The van der Waals surface area contributed by atoms with Gasteiger partial charge in [-0.05, 0) is 87.8 Å². The van der Waals surface area contributed by atoms with E-state index in [4.69, 9.17) is 21.1 Å². The number of aryl methyl sites for hydroxylation is 1. The Kier molecular flexibility index (Phi) is 11.1. The van der Waals surface area contributed by atoms with Crippen molar-refractivity contribution in [3.8, 4) is 11.5 Å². The molecule has 1 atom stereocenters. The normalized spacial score (nSPS) is 16.8. The fraction of sp³-hybridized carbons (Fsp3) is 0.371. The number of sulfonamides is 1. The van der Waals surface area contributed by atoms with Gasteiger partial charge in [0.25, 0.3) is 10.0 Å². The molecule has 0 bridgehead atoms. The second-order valence-corrected chi connectivity index (χ2v) is 14.6. The van der Waals surface area contributed by atoms with Gasteiger partial charge in [0.05, 0.1) is 31.4 Å². The van der Waals surface area contributed by atoms with E-state index in [0.29, 0.717) is 54.2 Å². The standard InChI is InChI=1S/C35H38ClF4N5O4S/c1-43(2)34(15-12-24-6-10-29(36)28(18-24)35(38,39)40)14-5-17-44(22-34)26-8-11-32(30(37)19-26)50(46,47)45(33-13-16-41-23-42-33)21-25-7-9-27(48-3)20-31(25)49-4/h6-11,13,16,18-20,23H,5,12,14-15,17,21-22H2,1-4H3/t34-/m0/s1. The van der Waals surface area contributed by atoms with Crippen LogP contribution in [0.1, 0.15) is 36.0 Å². The van der Waals surface area contributed by atoms with Gasteiger partial charge < -0.3 is 19.3 Å². The van der Waals surface area contributed by atoms with Crippen LogP contribution in [0.25, 0.3) is 0 Å². The topological polar surface area (TPSA) is 88.1 Å². The van der Waals surface area contributed by atoms with Crippen molar-refractivity contribution >= 4 is 33.1 Å². The molecule has 50 heavy (non-hydrogen) atoms. The van der Waals surface area contributed by atoms with Crippen LogP contribution in [0, 0.1) is 5.82 Å². The number of hydrogen-bond acceptors (Lipinski definition) is 8. The number of nitrogens with zero attached hydrogens (tertiary/aromatic N) is 5. The number of methoxy groups -OCH3 is 2. The first-order valence-electron chi connectivity index (χ1n) is 15.8. The van der Waals surface area contributed by atoms with Crippen LogP contribution in [-0.4, -0.2) is 70.2 Å². The number of aromatic nitrogens is 2. The highest BCUT2D eigenvalue weighted by Gasteiger charge is 2.39. The van der Waals surface area contributed by atoms with Crippen LogP contribution >= 0.6 is 11.6 Å². The number of piperidine rings is 1. The summed E-state index contributed by atoms with van der Waals surface area (Å²) >= 11 is 5.83. The van der Waals surface area contributed by atoms with E-state index in [9.17, 15) is 21.6 Å². The van der Waals surface area contributed by atoms with E-state index in [1.807, 2.05) is 19.0 Å². The number of halogens is 5. The first-order chi connectivity index (χ1) is 23.7. The Labute approximate surface area is 294 Å². The van der Waals surface area contributed by atoms with Gasteiger partial charge in [0.15, 0.2) is 0 Å². The average molecular weight is 736 g/mol. The number of likely N-dealkylation sites (N-methyl/N-ethyl adjacent to an activating group) is 1. The molecular weight excluding hydrogens is 698 g/mol. The maximum atomic E-state index is 16.0. The average Bonchev–Trinajstić information content (AvgIpc) is 3.09. The molecule has 1 aliphatic rings. The Bertz CT molecular complexity index is 1920. The molecule has 2 heterocycles. The van der Waals surface area contributed by atoms with Crippen molar-refractivity contribution in [2.75, 3.05) is 50.6 Å². The summed E-state index contributed by atoms with van der Waals surface area (Å²) in [5.41, 5.74) is 0.185. The summed E-state index contributed by atoms with van der Waals surface area (Å²) in [5.74, 6) is -0.0117. The van der Waals surface area contributed by atoms with Crippen LogP contribution in [0.3, 0.4) is 0 Å². The molecule has 268 valence electrons. The summed E-state index contributed by atoms with van der Waals surface area (Å²) in [6.07, 6.45) is 0.450. The highest BCUT2D eigenvalue weighted by atomic mass is 35.5. The van der Waals surface area contributed by atoms with Gasteiger partial charge in [-0.25, -0.2) is 27.1 Å². The summed E-state index contributed by atoms with van der Waals surface area (Å²) in [6.45, 7) is 0.823. The zero-order valence-corrected chi connectivity index (χ0v) is 29.6. The smallest absolute Gasteiger partial charge is 0.417 e. The Morgan fingerprint density at radius 1 is 1.02 bits per heavy atom. The van der Waals surface area contributed by atoms with Gasteiger partial charge in [-0.1, -0.05) is 17.7 Å². The maximum Gasteiger partial charge on any atom is 0.417 e. The molecule has 4 aromatic rings. The van der Waals surface area contributed by atoms with Crippen molar-refractivity contribution in [3.63, 3.8) is 0 Å². The lowest BCUT2D eigenvalue weighted by molar-refractivity contribution is -0.137. The van der Waals surface area contributed by atoms with Gasteiger partial charge in [-0.15, -0.1) is 0 Å². The monoisotopic (exact) mass is 735 g/mol. The summed E-state index contributed by atoms with van der Waals surface area (Å²) < 4.78 is 96.6. The van der Waals surface area contributed by atoms with Crippen molar-refractivity contribution in [3.05, 3.63) is 101 Å². The minimum absolute atomic E-state index is 0.0381. The summed E-state index contributed by atoms with van der Waals surface area (Å²) in [4.78, 5) is 11.5. The van der Waals surface area contributed by atoms with E-state index < -0.39 is 38.0 Å². The van der Waals surface area contributed by atoms with E-state index in [1.165, 1.54) is 51.0 Å². The molecule has 9 nitrogen and oxygen atoms in total. The third kappa shape index (κ3) is 7.92.